The smallest absolute Gasteiger partial charge is 0.0566 e. The minimum Gasteiger partial charge on any atom is -0.360 e. The van der Waals surface area contributed by atoms with Crippen LogP contribution in [0.15, 0.2) is 18.3 Å². The Morgan fingerprint density at radius 1 is 1.35 bits per heavy atom. The van der Waals surface area contributed by atoms with Gasteiger partial charge in [0.1, 0.15) is 0 Å². The number of nitrogens with zero attached hydrogens (tertiary/aromatic N) is 1. The van der Waals surface area contributed by atoms with Gasteiger partial charge in [-0.3, -0.25) is 4.90 Å². The van der Waals surface area contributed by atoms with Gasteiger partial charge in [-0.05, 0) is 32.0 Å². The number of hydrogen-bond acceptors (Lipinski definition) is 2. The fourth-order valence-corrected chi connectivity index (χ4v) is 3.97. The first-order chi connectivity index (χ1) is 8.33. The topological polar surface area (TPSA) is 19.0 Å². The van der Waals surface area contributed by atoms with E-state index >= 15 is 0 Å². The van der Waals surface area contributed by atoms with Crippen LogP contribution < -0.4 is 0 Å². The molecule has 1 aliphatic rings. The summed E-state index contributed by atoms with van der Waals surface area (Å²) in [7, 11) is 2.28. The average molecular weight is 248 g/mol. The van der Waals surface area contributed by atoms with Gasteiger partial charge in [0.15, 0.2) is 0 Å². The van der Waals surface area contributed by atoms with Crippen molar-refractivity contribution in [1.29, 1.82) is 0 Å². The van der Waals surface area contributed by atoms with Gasteiger partial charge >= 0.3 is 0 Å². The molecule has 0 aromatic carbocycles. The Labute approximate surface area is 107 Å². The maximum atomic E-state index is 3.28. The number of thiophene rings is 1. The van der Waals surface area contributed by atoms with Crippen LogP contribution in [0.5, 0.6) is 0 Å². The highest BCUT2D eigenvalue weighted by Crippen LogP contribution is 2.28. The van der Waals surface area contributed by atoms with Crippen molar-refractivity contribution < 1.29 is 0 Å². The molecule has 1 aliphatic carbocycles. The summed E-state index contributed by atoms with van der Waals surface area (Å²) >= 11 is 1.92. The SMILES string of the molecule is CN(Cc1cc2[nH]ccc2s1)C1CCCCC1. The van der Waals surface area contributed by atoms with Gasteiger partial charge in [0.2, 0.25) is 0 Å². The third kappa shape index (κ3) is 2.40. The highest BCUT2D eigenvalue weighted by molar-refractivity contribution is 7.19. The molecule has 0 atom stereocenters. The largest absolute Gasteiger partial charge is 0.360 e. The van der Waals surface area contributed by atoms with E-state index in [-0.39, 0.29) is 0 Å². The van der Waals surface area contributed by atoms with Crippen molar-refractivity contribution in [2.24, 2.45) is 0 Å². The molecule has 2 aromatic rings. The molecule has 0 amide bonds. The van der Waals surface area contributed by atoms with Gasteiger partial charge in [-0.1, -0.05) is 19.3 Å². The lowest BCUT2D eigenvalue weighted by Gasteiger charge is -2.30. The molecule has 92 valence electrons. The second kappa shape index (κ2) is 4.83. The quantitative estimate of drug-likeness (QED) is 0.870. The fourth-order valence-electron chi connectivity index (χ4n) is 2.88. The average Bonchev–Trinajstić information content (AvgIpc) is 2.90. The van der Waals surface area contributed by atoms with Gasteiger partial charge in [-0.25, -0.2) is 0 Å². The van der Waals surface area contributed by atoms with Crippen molar-refractivity contribution in [2.45, 2.75) is 44.7 Å². The lowest BCUT2D eigenvalue weighted by molar-refractivity contribution is 0.186. The van der Waals surface area contributed by atoms with Crippen LogP contribution in [0.3, 0.4) is 0 Å². The van der Waals surface area contributed by atoms with Crippen LogP contribution in [-0.4, -0.2) is 23.0 Å². The molecule has 0 aliphatic heterocycles. The van der Waals surface area contributed by atoms with Crippen LogP contribution in [0.25, 0.3) is 10.2 Å². The molecule has 0 saturated heterocycles. The molecule has 3 heteroatoms. The van der Waals surface area contributed by atoms with E-state index in [4.69, 9.17) is 0 Å². The first-order valence-corrected chi connectivity index (χ1v) is 7.40. The van der Waals surface area contributed by atoms with E-state index in [2.05, 4.69) is 29.1 Å². The molecular weight excluding hydrogens is 228 g/mol. The molecule has 17 heavy (non-hydrogen) atoms. The Morgan fingerprint density at radius 3 is 2.94 bits per heavy atom. The van der Waals surface area contributed by atoms with Crippen molar-refractivity contribution in [3.63, 3.8) is 0 Å². The number of rotatable bonds is 3. The summed E-state index contributed by atoms with van der Waals surface area (Å²) in [5, 5.41) is 0. The molecule has 0 radical (unpaired) electrons. The summed E-state index contributed by atoms with van der Waals surface area (Å²) in [5.74, 6) is 0. The van der Waals surface area contributed by atoms with E-state index in [1.807, 2.05) is 17.5 Å². The van der Waals surface area contributed by atoms with Crippen LogP contribution >= 0.6 is 11.3 Å². The molecule has 0 unspecified atom stereocenters. The van der Waals surface area contributed by atoms with Gasteiger partial charge in [0, 0.05) is 23.7 Å². The lowest BCUT2D eigenvalue weighted by Crippen LogP contribution is -2.32. The summed E-state index contributed by atoms with van der Waals surface area (Å²) in [6.45, 7) is 1.11. The van der Waals surface area contributed by atoms with E-state index in [1.165, 1.54) is 47.2 Å². The van der Waals surface area contributed by atoms with Crippen molar-refractivity contribution in [3.8, 4) is 0 Å². The molecule has 2 heterocycles. The molecule has 0 spiro atoms. The standard InChI is InChI=1S/C14H20N2S/c1-16(11-5-3-2-4-6-11)10-12-9-13-14(17-12)7-8-15-13/h7-9,11,15H,2-6,10H2,1H3. The van der Waals surface area contributed by atoms with Crippen molar-refractivity contribution in [3.05, 3.63) is 23.2 Å². The number of hydrogen-bond donors (Lipinski definition) is 1. The molecule has 1 fully saturated rings. The van der Waals surface area contributed by atoms with Crippen molar-refractivity contribution in [2.75, 3.05) is 7.05 Å². The molecule has 1 saturated carbocycles. The Bertz CT molecular complexity index is 451. The Morgan fingerprint density at radius 2 is 2.18 bits per heavy atom. The number of aromatic amines is 1. The second-order valence-electron chi connectivity index (χ2n) is 5.18. The summed E-state index contributed by atoms with van der Waals surface area (Å²) < 4.78 is 1.39. The summed E-state index contributed by atoms with van der Waals surface area (Å²) in [5.41, 5.74) is 1.29. The van der Waals surface area contributed by atoms with Gasteiger partial charge < -0.3 is 4.98 Å². The minimum atomic E-state index is 0.809. The zero-order valence-corrected chi connectivity index (χ0v) is 11.2. The molecule has 1 N–H and O–H groups in total. The molecular formula is C14H20N2S. The summed E-state index contributed by atoms with van der Waals surface area (Å²) in [6.07, 6.45) is 9.07. The first-order valence-electron chi connectivity index (χ1n) is 6.59. The number of aromatic nitrogens is 1. The monoisotopic (exact) mass is 248 g/mol. The van der Waals surface area contributed by atoms with Crippen LogP contribution in [0.2, 0.25) is 0 Å². The van der Waals surface area contributed by atoms with Crippen LogP contribution in [0, 0.1) is 0 Å². The molecule has 2 aromatic heterocycles. The van der Waals surface area contributed by atoms with E-state index in [0.717, 1.165) is 12.6 Å². The first kappa shape index (κ1) is 11.3. The van der Waals surface area contributed by atoms with E-state index in [1.54, 1.807) is 0 Å². The van der Waals surface area contributed by atoms with Gasteiger partial charge in [0.25, 0.3) is 0 Å². The summed E-state index contributed by atoms with van der Waals surface area (Å²) in [4.78, 5) is 7.32. The maximum Gasteiger partial charge on any atom is 0.0566 e. The predicted octanol–water partition coefficient (Wildman–Crippen LogP) is 3.99. The van der Waals surface area contributed by atoms with Crippen molar-refractivity contribution >= 4 is 21.6 Å². The highest BCUT2D eigenvalue weighted by Gasteiger charge is 2.18. The van der Waals surface area contributed by atoms with Crippen molar-refractivity contribution in [1.82, 2.24) is 9.88 Å². The Kier molecular flexibility index (Phi) is 3.21. The molecule has 3 rings (SSSR count). The van der Waals surface area contributed by atoms with Crippen LogP contribution in [-0.2, 0) is 6.54 Å². The van der Waals surface area contributed by atoms with E-state index in [0.29, 0.717) is 0 Å². The van der Waals surface area contributed by atoms with E-state index in [9.17, 15) is 0 Å². The summed E-state index contributed by atoms with van der Waals surface area (Å²) in [6, 6.07) is 5.29. The zero-order chi connectivity index (χ0) is 11.7. The number of H-pyrrole nitrogens is 1. The van der Waals surface area contributed by atoms with Gasteiger partial charge in [-0.15, -0.1) is 11.3 Å². The fraction of sp³-hybridized carbons (Fsp3) is 0.571. The second-order valence-corrected chi connectivity index (χ2v) is 6.34. The normalized spacial score (nSPS) is 18.2. The van der Waals surface area contributed by atoms with Gasteiger partial charge in [0.05, 0.1) is 10.2 Å². The maximum absolute atomic E-state index is 3.28. The van der Waals surface area contributed by atoms with Gasteiger partial charge in [-0.2, -0.15) is 0 Å². The number of fused-ring (bicyclic) bond motifs is 1. The number of nitrogens with one attached hydrogen (secondary N) is 1. The van der Waals surface area contributed by atoms with Crippen LogP contribution in [0.1, 0.15) is 37.0 Å². The minimum absolute atomic E-state index is 0.809. The lowest BCUT2D eigenvalue weighted by atomic mass is 9.94. The molecule has 2 nitrogen and oxygen atoms in total. The Balaban J connectivity index is 1.67. The Hall–Kier alpha value is -0.800. The third-order valence-electron chi connectivity index (χ3n) is 3.89. The predicted molar refractivity (Wildman–Crippen MR) is 74.5 cm³/mol. The zero-order valence-electron chi connectivity index (χ0n) is 10.4. The third-order valence-corrected chi connectivity index (χ3v) is 4.97. The van der Waals surface area contributed by atoms with Crippen LogP contribution in [0.4, 0.5) is 0 Å². The molecule has 0 bridgehead atoms. The van der Waals surface area contributed by atoms with E-state index < -0.39 is 0 Å². The highest BCUT2D eigenvalue weighted by atomic mass is 32.1.